The molecule has 0 spiro atoms. The summed E-state index contributed by atoms with van der Waals surface area (Å²) in [6, 6.07) is 0.510. The molecule has 2 rings (SSSR count). The summed E-state index contributed by atoms with van der Waals surface area (Å²) in [5.74, 6) is 0.389. The number of hydrogen-bond acceptors (Lipinski definition) is 4. The molecule has 1 unspecified atom stereocenters. The van der Waals surface area contributed by atoms with Crippen LogP contribution in [0.3, 0.4) is 0 Å². The molecule has 0 aromatic carbocycles. The van der Waals surface area contributed by atoms with Gasteiger partial charge in [-0.3, -0.25) is 9.69 Å². The average Bonchev–Trinajstić information content (AvgIpc) is 2.40. The Bertz CT molecular complexity index is 284. The fourth-order valence-electron chi connectivity index (χ4n) is 2.96. The second-order valence-electron chi connectivity index (χ2n) is 5.93. The summed E-state index contributed by atoms with van der Waals surface area (Å²) in [6.07, 6.45) is 3.85. The van der Waals surface area contributed by atoms with Crippen LogP contribution in [0.25, 0.3) is 0 Å². The molecule has 5 heteroatoms. The smallest absolute Gasteiger partial charge is 0.223 e. The van der Waals surface area contributed by atoms with E-state index in [9.17, 15) is 4.79 Å². The second kappa shape index (κ2) is 7.22. The molecule has 1 aliphatic heterocycles. The molecule has 5 nitrogen and oxygen atoms in total. The molecule has 1 amide bonds. The topological polar surface area (TPSA) is 67.6 Å². The van der Waals surface area contributed by atoms with Gasteiger partial charge in [-0.2, -0.15) is 0 Å². The van der Waals surface area contributed by atoms with Crippen molar-refractivity contribution in [3.63, 3.8) is 0 Å². The Morgan fingerprint density at radius 2 is 1.95 bits per heavy atom. The molecule has 0 bridgehead atoms. The number of carbonyl (C=O) groups excluding carboxylic acids is 1. The zero-order valence-corrected chi connectivity index (χ0v) is 11.9. The molecule has 3 N–H and O–H groups in total. The molecule has 19 heavy (non-hydrogen) atoms. The van der Waals surface area contributed by atoms with E-state index >= 15 is 0 Å². The van der Waals surface area contributed by atoms with Gasteiger partial charge in [0.2, 0.25) is 5.91 Å². The van der Waals surface area contributed by atoms with Gasteiger partial charge in [0.1, 0.15) is 0 Å². The van der Waals surface area contributed by atoms with E-state index in [0.717, 1.165) is 58.5 Å². The molecule has 110 valence electrons. The number of nitrogens with one attached hydrogen (secondary N) is 1. The van der Waals surface area contributed by atoms with Crippen molar-refractivity contribution in [3.05, 3.63) is 0 Å². The molecule has 0 radical (unpaired) electrons. The Hall–Kier alpha value is -0.650. The number of carbonyl (C=O) groups is 1. The van der Waals surface area contributed by atoms with Gasteiger partial charge in [0.05, 0.1) is 13.2 Å². The molecule has 1 heterocycles. The first-order valence-electron chi connectivity index (χ1n) is 7.51. The van der Waals surface area contributed by atoms with Crippen LogP contribution in [0, 0.1) is 5.92 Å². The van der Waals surface area contributed by atoms with Crippen molar-refractivity contribution < 1.29 is 9.53 Å². The highest BCUT2D eigenvalue weighted by atomic mass is 16.5. The first-order chi connectivity index (χ1) is 9.15. The standard InChI is InChI=1S/C14H27N3O2/c1-11(10-17-6-8-19-9-7-17)16-14(18)12-2-4-13(15)5-3-12/h11-13H,2-10,15H2,1H3,(H,16,18). The summed E-state index contributed by atoms with van der Waals surface area (Å²) in [7, 11) is 0. The van der Waals surface area contributed by atoms with Crippen LogP contribution in [0.1, 0.15) is 32.6 Å². The molecule has 1 atom stereocenters. The van der Waals surface area contributed by atoms with Gasteiger partial charge in [-0.1, -0.05) is 0 Å². The van der Waals surface area contributed by atoms with E-state index in [1.54, 1.807) is 0 Å². The number of amides is 1. The summed E-state index contributed by atoms with van der Waals surface area (Å²) in [5.41, 5.74) is 5.87. The predicted octanol–water partition coefficient (Wildman–Crippen LogP) is 0.341. The first-order valence-corrected chi connectivity index (χ1v) is 7.51. The van der Waals surface area contributed by atoms with Gasteiger partial charge < -0.3 is 15.8 Å². The molecule has 2 aliphatic rings. The van der Waals surface area contributed by atoms with E-state index in [1.165, 1.54) is 0 Å². The Labute approximate surface area is 115 Å². The third-order valence-corrected chi connectivity index (χ3v) is 4.17. The fraction of sp³-hybridized carbons (Fsp3) is 0.929. The van der Waals surface area contributed by atoms with Gasteiger partial charge in [-0.25, -0.2) is 0 Å². The summed E-state index contributed by atoms with van der Waals surface area (Å²) in [6.45, 7) is 6.56. The van der Waals surface area contributed by atoms with Crippen molar-refractivity contribution >= 4 is 5.91 Å². The van der Waals surface area contributed by atoms with Crippen LogP contribution < -0.4 is 11.1 Å². The maximum Gasteiger partial charge on any atom is 0.223 e. The monoisotopic (exact) mass is 269 g/mol. The van der Waals surface area contributed by atoms with Crippen LogP contribution >= 0.6 is 0 Å². The van der Waals surface area contributed by atoms with Gasteiger partial charge in [-0.15, -0.1) is 0 Å². The largest absolute Gasteiger partial charge is 0.379 e. The van der Waals surface area contributed by atoms with Crippen molar-refractivity contribution in [3.8, 4) is 0 Å². The maximum absolute atomic E-state index is 12.2. The van der Waals surface area contributed by atoms with Crippen molar-refractivity contribution in [2.75, 3.05) is 32.8 Å². The lowest BCUT2D eigenvalue weighted by Gasteiger charge is -2.31. The minimum Gasteiger partial charge on any atom is -0.379 e. The zero-order valence-electron chi connectivity index (χ0n) is 11.9. The molecular formula is C14H27N3O2. The third kappa shape index (κ3) is 4.75. The Balaban J connectivity index is 1.69. The third-order valence-electron chi connectivity index (χ3n) is 4.17. The van der Waals surface area contributed by atoms with Crippen LogP contribution in [0.5, 0.6) is 0 Å². The fourth-order valence-corrected chi connectivity index (χ4v) is 2.96. The average molecular weight is 269 g/mol. The van der Waals surface area contributed by atoms with Gasteiger partial charge in [0, 0.05) is 37.6 Å². The van der Waals surface area contributed by atoms with Crippen LogP contribution in [-0.2, 0) is 9.53 Å². The van der Waals surface area contributed by atoms with Gasteiger partial charge in [-0.05, 0) is 32.6 Å². The lowest BCUT2D eigenvalue weighted by molar-refractivity contribution is -0.126. The van der Waals surface area contributed by atoms with Crippen LogP contribution in [0.2, 0.25) is 0 Å². The van der Waals surface area contributed by atoms with Crippen LogP contribution in [0.15, 0.2) is 0 Å². The summed E-state index contributed by atoms with van der Waals surface area (Å²) >= 11 is 0. The number of hydrogen-bond donors (Lipinski definition) is 2. The normalized spacial score (nSPS) is 30.8. The summed E-state index contributed by atoms with van der Waals surface area (Å²) < 4.78 is 5.33. The molecule has 1 aliphatic carbocycles. The number of rotatable bonds is 4. The highest BCUT2D eigenvalue weighted by Crippen LogP contribution is 2.23. The van der Waals surface area contributed by atoms with Crippen molar-refractivity contribution in [1.29, 1.82) is 0 Å². The van der Waals surface area contributed by atoms with Crippen molar-refractivity contribution in [2.24, 2.45) is 11.7 Å². The summed E-state index contributed by atoms with van der Waals surface area (Å²) in [4.78, 5) is 14.5. The Morgan fingerprint density at radius 3 is 2.58 bits per heavy atom. The van der Waals surface area contributed by atoms with E-state index in [0.29, 0.717) is 6.04 Å². The van der Waals surface area contributed by atoms with Crippen LogP contribution in [0.4, 0.5) is 0 Å². The van der Waals surface area contributed by atoms with Crippen LogP contribution in [-0.4, -0.2) is 55.7 Å². The molecular weight excluding hydrogens is 242 g/mol. The summed E-state index contributed by atoms with van der Waals surface area (Å²) in [5, 5.41) is 3.15. The molecule has 2 fully saturated rings. The highest BCUT2D eigenvalue weighted by Gasteiger charge is 2.25. The van der Waals surface area contributed by atoms with E-state index in [2.05, 4.69) is 17.1 Å². The van der Waals surface area contributed by atoms with Crippen molar-refractivity contribution in [1.82, 2.24) is 10.2 Å². The van der Waals surface area contributed by atoms with Crippen molar-refractivity contribution in [2.45, 2.75) is 44.7 Å². The number of nitrogens with zero attached hydrogens (tertiary/aromatic N) is 1. The number of morpholine rings is 1. The minimum atomic E-state index is 0.173. The lowest BCUT2D eigenvalue weighted by Crippen LogP contribution is -2.47. The Kier molecular flexibility index (Phi) is 5.60. The highest BCUT2D eigenvalue weighted by molar-refractivity contribution is 5.79. The minimum absolute atomic E-state index is 0.173. The lowest BCUT2D eigenvalue weighted by atomic mass is 9.86. The number of ether oxygens (including phenoxy) is 1. The predicted molar refractivity (Wildman–Crippen MR) is 74.8 cm³/mol. The second-order valence-corrected chi connectivity index (χ2v) is 5.93. The van der Waals surface area contributed by atoms with Gasteiger partial charge in [0.25, 0.3) is 0 Å². The van der Waals surface area contributed by atoms with E-state index < -0.39 is 0 Å². The molecule has 0 aromatic heterocycles. The van der Waals surface area contributed by atoms with E-state index in [-0.39, 0.29) is 17.9 Å². The maximum atomic E-state index is 12.2. The molecule has 1 saturated carbocycles. The SMILES string of the molecule is CC(CN1CCOCC1)NC(=O)C1CCC(N)CC1. The van der Waals surface area contributed by atoms with Gasteiger partial charge in [0.15, 0.2) is 0 Å². The van der Waals surface area contributed by atoms with Gasteiger partial charge >= 0.3 is 0 Å². The number of nitrogens with two attached hydrogens (primary N) is 1. The van der Waals surface area contributed by atoms with E-state index in [4.69, 9.17) is 10.5 Å². The Morgan fingerprint density at radius 1 is 1.32 bits per heavy atom. The quantitative estimate of drug-likeness (QED) is 0.772. The molecule has 1 saturated heterocycles. The van der Waals surface area contributed by atoms with E-state index in [1.807, 2.05) is 0 Å². The zero-order chi connectivity index (χ0) is 13.7. The molecule has 0 aromatic rings. The first kappa shape index (κ1) is 14.8.